The zero-order valence-corrected chi connectivity index (χ0v) is 14.7. The van der Waals surface area contributed by atoms with Crippen LogP contribution in [0.2, 0.25) is 0 Å². The molecule has 2 amide bonds. The molecule has 9 heteroatoms. The van der Waals surface area contributed by atoms with Gasteiger partial charge < -0.3 is 15.5 Å². The van der Waals surface area contributed by atoms with Crippen molar-refractivity contribution in [3.05, 3.63) is 29.3 Å². The number of carbonyl (C=O) groups is 2. The number of amides is 2. The maximum Gasteiger partial charge on any atom is 0.253 e. The molecule has 148 valence electrons. The van der Waals surface area contributed by atoms with Crippen LogP contribution in [0.15, 0.2) is 18.2 Å². The van der Waals surface area contributed by atoms with Crippen molar-refractivity contribution in [2.75, 3.05) is 31.9 Å². The Morgan fingerprint density at radius 2 is 1.07 bits per heavy atom. The van der Waals surface area contributed by atoms with Gasteiger partial charge in [0.1, 0.15) is 0 Å². The minimum absolute atomic E-state index is 0.0783. The van der Waals surface area contributed by atoms with Gasteiger partial charge in [0.25, 0.3) is 23.7 Å². The summed E-state index contributed by atoms with van der Waals surface area (Å²) < 4.78 is 53.1. The first-order valence-corrected chi connectivity index (χ1v) is 8.81. The normalized spacial score (nSPS) is 21.8. The van der Waals surface area contributed by atoms with Gasteiger partial charge in [-0.2, -0.15) is 0 Å². The lowest BCUT2D eigenvalue weighted by atomic mass is 10.0. The van der Waals surface area contributed by atoms with Crippen molar-refractivity contribution in [2.45, 2.75) is 37.5 Å². The van der Waals surface area contributed by atoms with Crippen molar-refractivity contribution in [1.82, 2.24) is 9.80 Å². The predicted octanol–water partition coefficient (Wildman–Crippen LogP) is 3.01. The second-order valence-electron chi connectivity index (χ2n) is 7.14. The molecule has 2 N–H and O–H groups in total. The third-order valence-corrected chi connectivity index (χ3v) is 5.01. The summed E-state index contributed by atoms with van der Waals surface area (Å²) in [5.41, 5.74) is 6.23. The molecule has 0 spiro atoms. The minimum atomic E-state index is -2.77. The van der Waals surface area contributed by atoms with Gasteiger partial charge in [-0.25, -0.2) is 17.6 Å². The monoisotopic (exact) mass is 387 g/mol. The zero-order chi connectivity index (χ0) is 19.8. The highest BCUT2D eigenvalue weighted by atomic mass is 19.3. The van der Waals surface area contributed by atoms with Gasteiger partial charge in [0.2, 0.25) is 0 Å². The first kappa shape index (κ1) is 19.4. The first-order chi connectivity index (χ1) is 12.6. The first-order valence-electron chi connectivity index (χ1n) is 8.81. The second-order valence-corrected chi connectivity index (χ2v) is 7.14. The number of likely N-dealkylation sites (tertiary alicyclic amines) is 2. The summed E-state index contributed by atoms with van der Waals surface area (Å²) in [6.45, 7) is -0.313. The smallest absolute Gasteiger partial charge is 0.253 e. The molecule has 0 aromatic heterocycles. The van der Waals surface area contributed by atoms with Gasteiger partial charge in [-0.1, -0.05) is 0 Å². The molecule has 1 aromatic carbocycles. The van der Waals surface area contributed by atoms with Gasteiger partial charge in [-0.3, -0.25) is 9.59 Å². The van der Waals surface area contributed by atoms with E-state index in [9.17, 15) is 27.2 Å². The summed E-state index contributed by atoms with van der Waals surface area (Å²) in [5.74, 6) is -6.50. The van der Waals surface area contributed by atoms with E-state index in [4.69, 9.17) is 5.73 Å². The van der Waals surface area contributed by atoms with Crippen LogP contribution in [0, 0.1) is 0 Å². The lowest BCUT2D eigenvalue weighted by Crippen LogP contribution is -2.43. The molecule has 0 bridgehead atoms. The maximum absolute atomic E-state index is 13.3. The Morgan fingerprint density at radius 3 is 1.41 bits per heavy atom. The summed E-state index contributed by atoms with van der Waals surface area (Å²) in [6.07, 6.45) is -1.63. The van der Waals surface area contributed by atoms with Gasteiger partial charge in [0.05, 0.1) is 0 Å². The Labute approximate surface area is 154 Å². The number of halogens is 4. The summed E-state index contributed by atoms with van der Waals surface area (Å²) in [5, 5.41) is 0. The molecule has 2 aliphatic heterocycles. The lowest BCUT2D eigenvalue weighted by Gasteiger charge is -2.32. The number of hydrogen-bond donors (Lipinski definition) is 1. The number of hydrogen-bond acceptors (Lipinski definition) is 3. The Bertz CT molecular complexity index is 676. The molecule has 2 fully saturated rings. The zero-order valence-electron chi connectivity index (χ0n) is 14.7. The molecule has 0 aliphatic carbocycles. The van der Waals surface area contributed by atoms with Crippen molar-refractivity contribution in [1.29, 1.82) is 0 Å². The molecule has 2 saturated heterocycles. The van der Waals surface area contributed by atoms with E-state index in [-0.39, 0.29) is 43.0 Å². The van der Waals surface area contributed by atoms with Gasteiger partial charge in [0, 0.05) is 68.7 Å². The van der Waals surface area contributed by atoms with Crippen molar-refractivity contribution in [3.8, 4) is 0 Å². The Balaban J connectivity index is 1.74. The fourth-order valence-corrected chi connectivity index (χ4v) is 3.34. The number of rotatable bonds is 2. The second kappa shape index (κ2) is 7.01. The molecule has 0 unspecified atom stereocenters. The van der Waals surface area contributed by atoms with Crippen LogP contribution in [0.1, 0.15) is 46.4 Å². The molecule has 5 nitrogen and oxygen atoms in total. The van der Waals surface area contributed by atoms with E-state index in [0.717, 1.165) is 0 Å². The molecule has 3 rings (SSSR count). The van der Waals surface area contributed by atoms with Crippen LogP contribution in [-0.4, -0.2) is 59.6 Å². The summed E-state index contributed by atoms with van der Waals surface area (Å²) in [6, 6.07) is 4.12. The standard InChI is InChI=1S/C18H21F4N3O2/c19-17(20)1-5-24(6-2-17)15(26)12-9-13(11-14(23)10-12)16(27)25-7-3-18(21,22)4-8-25/h9-11H,1-8,23H2. The average molecular weight is 387 g/mol. The van der Waals surface area contributed by atoms with E-state index in [0.29, 0.717) is 0 Å². The number of benzene rings is 1. The molecular weight excluding hydrogens is 366 g/mol. The van der Waals surface area contributed by atoms with Crippen molar-refractivity contribution >= 4 is 17.5 Å². The lowest BCUT2D eigenvalue weighted by molar-refractivity contribution is -0.0501. The minimum Gasteiger partial charge on any atom is -0.399 e. The van der Waals surface area contributed by atoms with Crippen LogP contribution in [0.25, 0.3) is 0 Å². The van der Waals surface area contributed by atoms with Crippen molar-refractivity contribution in [3.63, 3.8) is 0 Å². The number of nitrogens with two attached hydrogens (primary N) is 1. The third-order valence-electron chi connectivity index (χ3n) is 5.01. The van der Waals surface area contributed by atoms with Crippen LogP contribution in [0.4, 0.5) is 23.2 Å². The average Bonchev–Trinajstić information content (AvgIpc) is 2.60. The van der Waals surface area contributed by atoms with Gasteiger partial charge >= 0.3 is 0 Å². The highest BCUT2D eigenvalue weighted by Gasteiger charge is 2.37. The van der Waals surface area contributed by atoms with Crippen molar-refractivity contribution < 1.29 is 27.2 Å². The van der Waals surface area contributed by atoms with E-state index in [1.165, 1.54) is 28.0 Å². The number of anilines is 1. The van der Waals surface area contributed by atoms with Crippen LogP contribution >= 0.6 is 0 Å². The molecule has 1 aromatic rings. The van der Waals surface area contributed by atoms with Crippen LogP contribution in [-0.2, 0) is 0 Å². The quantitative estimate of drug-likeness (QED) is 0.627. The molecule has 0 radical (unpaired) electrons. The van der Waals surface area contributed by atoms with Gasteiger partial charge in [0.15, 0.2) is 0 Å². The number of carbonyl (C=O) groups excluding carboxylic acids is 2. The molecule has 27 heavy (non-hydrogen) atoms. The van der Waals surface area contributed by atoms with Crippen LogP contribution < -0.4 is 5.73 Å². The van der Waals surface area contributed by atoms with E-state index in [1.807, 2.05) is 0 Å². The predicted molar refractivity (Wildman–Crippen MR) is 91.0 cm³/mol. The highest BCUT2D eigenvalue weighted by Crippen LogP contribution is 2.30. The van der Waals surface area contributed by atoms with E-state index < -0.39 is 49.3 Å². The number of nitrogen functional groups attached to an aromatic ring is 1. The topological polar surface area (TPSA) is 66.6 Å². The number of alkyl halides is 4. The Hall–Kier alpha value is -2.32. The summed E-state index contributed by atoms with van der Waals surface area (Å²) in [7, 11) is 0. The summed E-state index contributed by atoms with van der Waals surface area (Å²) in [4.78, 5) is 27.8. The third kappa shape index (κ3) is 4.51. The Kier molecular flexibility index (Phi) is 5.05. The fraction of sp³-hybridized carbons (Fsp3) is 0.556. The number of nitrogens with zero attached hydrogens (tertiary/aromatic N) is 2. The van der Waals surface area contributed by atoms with Crippen molar-refractivity contribution in [2.24, 2.45) is 0 Å². The molecule has 0 atom stereocenters. The van der Waals surface area contributed by atoms with E-state index in [2.05, 4.69) is 0 Å². The van der Waals surface area contributed by atoms with Gasteiger partial charge in [-0.05, 0) is 18.2 Å². The van der Waals surface area contributed by atoms with Crippen LogP contribution in [0.5, 0.6) is 0 Å². The van der Waals surface area contributed by atoms with Crippen LogP contribution in [0.3, 0.4) is 0 Å². The molecular formula is C18H21F4N3O2. The van der Waals surface area contributed by atoms with E-state index in [1.54, 1.807) is 0 Å². The highest BCUT2D eigenvalue weighted by molar-refractivity contribution is 6.01. The SMILES string of the molecule is Nc1cc(C(=O)N2CCC(F)(F)CC2)cc(C(=O)N2CCC(F)(F)CC2)c1. The van der Waals surface area contributed by atoms with E-state index >= 15 is 0 Å². The molecule has 0 saturated carbocycles. The molecule has 2 aliphatic rings. The Morgan fingerprint density at radius 1 is 0.741 bits per heavy atom. The fourth-order valence-electron chi connectivity index (χ4n) is 3.34. The molecule has 2 heterocycles. The van der Waals surface area contributed by atoms with Gasteiger partial charge in [-0.15, -0.1) is 0 Å². The maximum atomic E-state index is 13.3. The number of piperidine rings is 2. The largest absolute Gasteiger partial charge is 0.399 e. The summed E-state index contributed by atoms with van der Waals surface area (Å²) >= 11 is 0.